The predicted octanol–water partition coefficient (Wildman–Crippen LogP) is 4.35. The minimum absolute atomic E-state index is 0.0528. The minimum atomic E-state index is -4.29. The summed E-state index contributed by atoms with van der Waals surface area (Å²) in [5, 5.41) is 2.61. The van der Waals surface area contributed by atoms with Crippen molar-refractivity contribution in [3.63, 3.8) is 0 Å². The van der Waals surface area contributed by atoms with Gasteiger partial charge in [-0.25, -0.2) is 8.42 Å². The molecule has 0 bridgehead atoms. The first-order valence-corrected chi connectivity index (χ1v) is 11.2. The van der Waals surface area contributed by atoms with E-state index in [2.05, 4.69) is 10.0 Å². The molecule has 0 aromatic heterocycles. The van der Waals surface area contributed by atoms with Crippen LogP contribution < -0.4 is 14.8 Å². The van der Waals surface area contributed by atoms with E-state index in [9.17, 15) is 26.4 Å². The van der Waals surface area contributed by atoms with Crippen molar-refractivity contribution in [2.75, 3.05) is 11.8 Å². The number of nitrogens with one attached hydrogen (secondary N) is 2. The number of amides is 1. The van der Waals surface area contributed by atoms with Gasteiger partial charge in [0.25, 0.3) is 15.9 Å². The van der Waals surface area contributed by atoms with Crippen molar-refractivity contribution in [2.45, 2.75) is 42.8 Å². The number of benzene rings is 2. The largest absolute Gasteiger partial charge is 0.495 e. The standard InChI is InChI=1S/C21H23F3N2O4S/c1-30-19-11-3-2-10-18(19)26-31(28,29)17-9-4-6-14(12-17)20(27)25-16-8-5-7-15(13-16)21(22,23)24/h2-4,6,9-12,15-16,26H,5,7-8,13H2,1H3,(H,25,27). The Morgan fingerprint density at radius 2 is 1.84 bits per heavy atom. The Bertz CT molecular complexity index is 1040. The fourth-order valence-electron chi connectivity index (χ4n) is 3.62. The summed E-state index contributed by atoms with van der Waals surface area (Å²) in [6.45, 7) is 0. The van der Waals surface area contributed by atoms with Gasteiger partial charge in [0.05, 0.1) is 23.6 Å². The van der Waals surface area contributed by atoms with Crippen molar-refractivity contribution in [2.24, 2.45) is 5.92 Å². The zero-order valence-electron chi connectivity index (χ0n) is 16.8. The van der Waals surface area contributed by atoms with Gasteiger partial charge in [-0.3, -0.25) is 9.52 Å². The van der Waals surface area contributed by atoms with E-state index in [4.69, 9.17) is 4.74 Å². The highest BCUT2D eigenvalue weighted by Gasteiger charge is 2.42. The van der Waals surface area contributed by atoms with E-state index in [0.717, 1.165) is 0 Å². The Hall–Kier alpha value is -2.75. The number of carbonyl (C=O) groups excluding carboxylic acids is 1. The molecule has 3 rings (SSSR count). The molecule has 1 amide bonds. The number of methoxy groups -OCH3 is 1. The molecule has 1 aliphatic carbocycles. The predicted molar refractivity (Wildman–Crippen MR) is 110 cm³/mol. The third kappa shape index (κ3) is 5.69. The third-order valence-corrected chi connectivity index (χ3v) is 6.59. The van der Waals surface area contributed by atoms with Crippen LogP contribution in [0.1, 0.15) is 36.0 Å². The number of alkyl halides is 3. The molecule has 0 heterocycles. The van der Waals surface area contributed by atoms with Crippen LogP contribution in [-0.2, 0) is 10.0 Å². The van der Waals surface area contributed by atoms with Gasteiger partial charge in [0.2, 0.25) is 0 Å². The number of halogens is 3. The number of rotatable bonds is 6. The van der Waals surface area contributed by atoms with Gasteiger partial charge < -0.3 is 10.1 Å². The molecule has 0 spiro atoms. The first-order valence-electron chi connectivity index (χ1n) is 9.73. The lowest BCUT2D eigenvalue weighted by molar-refractivity contribution is -0.183. The van der Waals surface area contributed by atoms with Gasteiger partial charge in [-0.15, -0.1) is 0 Å². The van der Waals surface area contributed by atoms with E-state index in [0.29, 0.717) is 18.6 Å². The molecule has 1 saturated carbocycles. The lowest BCUT2D eigenvalue weighted by atomic mass is 9.85. The van der Waals surface area contributed by atoms with Crippen molar-refractivity contribution in [3.8, 4) is 5.75 Å². The Balaban J connectivity index is 1.74. The maximum atomic E-state index is 13.0. The maximum absolute atomic E-state index is 13.0. The number of anilines is 1. The molecular weight excluding hydrogens is 433 g/mol. The number of para-hydroxylation sites is 2. The van der Waals surface area contributed by atoms with Crippen LogP contribution in [0.25, 0.3) is 0 Å². The number of ether oxygens (including phenoxy) is 1. The van der Waals surface area contributed by atoms with Gasteiger partial charge in [-0.05, 0) is 49.6 Å². The normalized spacial score (nSPS) is 19.5. The second kappa shape index (κ2) is 9.17. The van der Waals surface area contributed by atoms with Gasteiger partial charge >= 0.3 is 6.18 Å². The SMILES string of the molecule is COc1ccccc1NS(=O)(=O)c1cccc(C(=O)NC2CCCC(C(F)(F)F)C2)c1. The van der Waals surface area contributed by atoms with Crippen LogP contribution in [0.15, 0.2) is 53.4 Å². The highest BCUT2D eigenvalue weighted by atomic mass is 32.2. The van der Waals surface area contributed by atoms with E-state index in [1.165, 1.54) is 37.4 Å². The smallest absolute Gasteiger partial charge is 0.391 e. The Morgan fingerprint density at radius 1 is 1.10 bits per heavy atom. The minimum Gasteiger partial charge on any atom is -0.495 e. The molecule has 2 N–H and O–H groups in total. The van der Waals surface area contributed by atoms with E-state index >= 15 is 0 Å². The molecule has 168 valence electrons. The topological polar surface area (TPSA) is 84.5 Å². The fraction of sp³-hybridized carbons (Fsp3) is 0.381. The molecule has 1 fully saturated rings. The lowest BCUT2D eigenvalue weighted by Gasteiger charge is -2.31. The molecule has 10 heteroatoms. The summed E-state index contributed by atoms with van der Waals surface area (Å²) < 4.78 is 72.1. The second-order valence-electron chi connectivity index (χ2n) is 7.41. The molecule has 31 heavy (non-hydrogen) atoms. The molecule has 2 aromatic carbocycles. The highest BCUT2D eigenvalue weighted by Crippen LogP contribution is 2.37. The molecule has 0 saturated heterocycles. The van der Waals surface area contributed by atoms with E-state index < -0.39 is 34.1 Å². The molecule has 1 aliphatic rings. The molecule has 0 aliphatic heterocycles. The van der Waals surface area contributed by atoms with Crippen molar-refractivity contribution in [3.05, 3.63) is 54.1 Å². The Morgan fingerprint density at radius 3 is 2.55 bits per heavy atom. The van der Waals surface area contributed by atoms with Gasteiger partial charge in [0.15, 0.2) is 0 Å². The number of hydrogen-bond acceptors (Lipinski definition) is 4. The fourth-order valence-corrected chi connectivity index (χ4v) is 4.74. The van der Waals surface area contributed by atoms with Crippen LogP contribution in [0, 0.1) is 5.92 Å². The summed E-state index contributed by atoms with van der Waals surface area (Å²) in [5.41, 5.74) is 0.289. The molecule has 6 nitrogen and oxygen atoms in total. The first kappa shape index (κ1) is 22.9. The van der Waals surface area contributed by atoms with Gasteiger partial charge in [0, 0.05) is 11.6 Å². The number of sulfonamides is 1. The average Bonchev–Trinajstić information content (AvgIpc) is 2.73. The lowest BCUT2D eigenvalue weighted by Crippen LogP contribution is -2.41. The van der Waals surface area contributed by atoms with Crippen molar-refractivity contribution < 1.29 is 31.1 Å². The molecular formula is C21H23F3N2O4S. The second-order valence-corrected chi connectivity index (χ2v) is 9.09. The van der Waals surface area contributed by atoms with Crippen LogP contribution in [0.5, 0.6) is 5.75 Å². The summed E-state index contributed by atoms with van der Waals surface area (Å²) >= 11 is 0. The van der Waals surface area contributed by atoms with Crippen LogP contribution in [0.4, 0.5) is 18.9 Å². The number of carbonyl (C=O) groups is 1. The van der Waals surface area contributed by atoms with Gasteiger partial charge in [-0.1, -0.05) is 24.6 Å². The summed E-state index contributed by atoms with van der Waals surface area (Å²) in [6, 6.07) is 11.2. The van der Waals surface area contributed by atoms with Crippen LogP contribution in [0.3, 0.4) is 0 Å². The Kier molecular flexibility index (Phi) is 6.78. The zero-order chi connectivity index (χ0) is 22.6. The number of hydrogen-bond donors (Lipinski definition) is 2. The monoisotopic (exact) mass is 456 g/mol. The van der Waals surface area contributed by atoms with Crippen LogP contribution in [-0.4, -0.2) is 33.7 Å². The van der Waals surface area contributed by atoms with Gasteiger partial charge in [0.1, 0.15) is 5.75 Å². The molecule has 2 atom stereocenters. The van der Waals surface area contributed by atoms with Crippen LogP contribution in [0.2, 0.25) is 0 Å². The van der Waals surface area contributed by atoms with E-state index in [1.807, 2.05) is 0 Å². The third-order valence-electron chi connectivity index (χ3n) is 5.23. The summed E-state index contributed by atoms with van der Waals surface area (Å²) in [7, 11) is -2.61. The van der Waals surface area contributed by atoms with E-state index in [1.54, 1.807) is 18.2 Å². The molecule has 2 aromatic rings. The van der Waals surface area contributed by atoms with Crippen LogP contribution >= 0.6 is 0 Å². The summed E-state index contributed by atoms with van der Waals surface area (Å²) in [6.07, 6.45) is -3.60. The summed E-state index contributed by atoms with van der Waals surface area (Å²) in [4.78, 5) is 12.4. The molecule has 0 radical (unpaired) electrons. The quantitative estimate of drug-likeness (QED) is 0.677. The Labute approximate surface area is 178 Å². The van der Waals surface area contributed by atoms with Crippen molar-refractivity contribution in [1.82, 2.24) is 5.32 Å². The van der Waals surface area contributed by atoms with E-state index in [-0.39, 0.29) is 29.0 Å². The summed E-state index contributed by atoms with van der Waals surface area (Å²) in [5.74, 6) is -1.72. The van der Waals surface area contributed by atoms with Crippen molar-refractivity contribution >= 4 is 21.6 Å². The van der Waals surface area contributed by atoms with Gasteiger partial charge in [-0.2, -0.15) is 13.2 Å². The van der Waals surface area contributed by atoms with Crippen molar-refractivity contribution in [1.29, 1.82) is 0 Å². The first-order chi connectivity index (χ1) is 14.6. The average molecular weight is 456 g/mol. The maximum Gasteiger partial charge on any atom is 0.391 e. The zero-order valence-corrected chi connectivity index (χ0v) is 17.6. The highest BCUT2D eigenvalue weighted by molar-refractivity contribution is 7.92. The molecule has 2 unspecified atom stereocenters.